The van der Waals surface area contributed by atoms with Gasteiger partial charge in [0.1, 0.15) is 12.2 Å². The molecule has 0 unspecified atom stereocenters. The molecule has 6 nitrogen and oxygen atoms in total. The fourth-order valence-electron chi connectivity index (χ4n) is 1.51. The summed E-state index contributed by atoms with van der Waals surface area (Å²) in [7, 11) is 1.24. The minimum atomic E-state index is -0.612. The largest absolute Gasteiger partial charge is 0.466 e. The summed E-state index contributed by atoms with van der Waals surface area (Å²) < 4.78 is 9.26. The zero-order valence-electron chi connectivity index (χ0n) is 10.8. The Morgan fingerprint density at radius 1 is 1.32 bits per heavy atom. The molecule has 102 valence electrons. The number of ether oxygens (including phenoxy) is 2. The maximum atomic E-state index is 11.7. The number of ketones is 1. The van der Waals surface area contributed by atoms with Gasteiger partial charge in [-0.25, -0.2) is 9.78 Å². The van der Waals surface area contributed by atoms with Crippen molar-refractivity contribution in [1.82, 2.24) is 4.98 Å². The van der Waals surface area contributed by atoms with Crippen LogP contribution in [0.5, 0.6) is 0 Å². The van der Waals surface area contributed by atoms with E-state index in [1.54, 1.807) is 19.1 Å². The highest BCUT2D eigenvalue weighted by molar-refractivity contribution is 5.98. The van der Waals surface area contributed by atoms with Crippen molar-refractivity contribution >= 4 is 17.7 Å². The Morgan fingerprint density at radius 3 is 2.68 bits per heavy atom. The Hall–Kier alpha value is -2.24. The molecular weight excluding hydrogens is 250 g/mol. The number of nitrogens with zero attached hydrogens (tertiary/aromatic N) is 1. The van der Waals surface area contributed by atoms with Gasteiger partial charge in [-0.05, 0) is 18.6 Å². The number of esters is 2. The van der Waals surface area contributed by atoms with E-state index in [4.69, 9.17) is 0 Å². The first-order valence-corrected chi connectivity index (χ1v) is 5.78. The Kier molecular flexibility index (Phi) is 5.66. The molecule has 6 heteroatoms. The summed E-state index contributed by atoms with van der Waals surface area (Å²) in [5.74, 6) is -1.52. The number of aromatic nitrogens is 1. The number of pyridine rings is 1. The summed E-state index contributed by atoms with van der Waals surface area (Å²) in [4.78, 5) is 38.2. The Morgan fingerprint density at radius 2 is 2.05 bits per heavy atom. The maximum Gasteiger partial charge on any atom is 0.356 e. The molecule has 0 bridgehead atoms. The first-order chi connectivity index (χ1) is 9.08. The second kappa shape index (κ2) is 7.25. The van der Waals surface area contributed by atoms with Gasteiger partial charge in [0.2, 0.25) is 0 Å². The van der Waals surface area contributed by atoms with Gasteiger partial charge in [0, 0.05) is 12.6 Å². The second-order valence-corrected chi connectivity index (χ2v) is 3.70. The van der Waals surface area contributed by atoms with E-state index in [-0.39, 0.29) is 30.9 Å². The van der Waals surface area contributed by atoms with Crippen LogP contribution in [0, 0.1) is 0 Å². The van der Waals surface area contributed by atoms with Crippen LogP contribution in [-0.2, 0) is 25.5 Å². The average Bonchev–Trinajstić information content (AvgIpc) is 2.38. The van der Waals surface area contributed by atoms with E-state index in [2.05, 4.69) is 14.5 Å². The molecule has 0 spiro atoms. The zero-order chi connectivity index (χ0) is 14.3. The van der Waals surface area contributed by atoms with Crippen LogP contribution < -0.4 is 0 Å². The van der Waals surface area contributed by atoms with Crippen molar-refractivity contribution in [2.45, 2.75) is 19.8 Å². The predicted molar refractivity (Wildman–Crippen MR) is 65.5 cm³/mol. The third-order valence-electron chi connectivity index (χ3n) is 2.30. The van der Waals surface area contributed by atoms with Crippen molar-refractivity contribution in [1.29, 1.82) is 0 Å². The van der Waals surface area contributed by atoms with Crippen molar-refractivity contribution in [3.63, 3.8) is 0 Å². The van der Waals surface area contributed by atoms with Gasteiger partial charge >= 0.3 is 11.9 Å². The predicted octanol–water partition coefficient (Wildman–Crippen LogP) is 0.933. The van der Waals surface area contributed by atoms with E-state index in [0.717, 1.165) is 0 Å². The average molecular weight is 265 g/mol. The van der Waals surface area contributed by atoms with E-state index >= 15 is 0 Å². The van der Waals surface area contributed by atoms with Gasteiger partial charge in [-0.2, -0.15) is 0 Å². The van der Waals surface area contributed by atoms with Crippen molar-refractivity contribution in [3.8, 4) is 0 Å². The topological polar surface area (TPSA) is 82.6 Å². The van der Waals surface area contributed by atoms with Crippen LogP contribution in [0.1, 0.15) is 29.4 Å². The van der Waals surface area contributed by atoms with E-state index < -0.39 is 11.9 Å². The second-order valence-electron chi connectivity index (χ2n) is 3.70. The minimum Gasteiger partial charge on any atom is -0.466 e. The van der Waals surface area contributed by atoms with Gasteiger partial charge in [-0.15, -0.1) is 0 Å². The van der Waals surface area contributed by atoms with Crippen molar-refractivity contribution in [3.05, 3.63) is 29.6 Å². The van der Waals surface area contributed by atoms with Crippen molar-refractivity contribution < 1.29 is 23.9 Å². The molecular formula is C13H15NO5. The molecule has 1 rings (SSSR count). The molecule has 0 fully saturated rings. The molecule has 0 saturated carbocycles. The first-order valence-electron chi connectivity index (χ1n) is 5.78. The molecule has 0 aliphatic heterocycles. The number of hydrogen-bond donors (Lipinski definition) is 0. The van der Waals surface area contributed by atoms with Crippen molar-refractivity contribution in [2.75, 3.05) is 13.7 Å². The Labute approximate surface area is 110 Å². The summed E-state index contributed by atoms with van der Waals surface area (Å²) in [6.07, 6.45) is 1.06. The lowest BCUT2D eigenvalue weighted by Gasteiger charge is -2.06. The van der Waals surface area contributed by atoms with E-state index in [0.29, 0.717) is 5.56 Å². The monoisotopic (exact) mass is 265 g/mol. The standard InChI is InChI=1S/C13H15NO5/c1-3-19-11(16)8-10(15)7-9-5-4-6-14-12(9)13(17)18-2/h4-6H,3,7-8H2,1-2H3. The summed E-state index contributed by atoms with van der Waals surface area (Å²) in [5, 5.41) is 0. The fourth-order valence-corrected chi connectivity index (χ4v) is 1.51. The molecule has 0 aromatic carbocycles. The SMILES string of the molecule is CCOC(=O)CC(=O)Cc1cccnc1C(=O)OC. The molecule has 0 amide bonds. The lowest BCUT2D eigenvalue weighted by molar-refractivity contribution is -0.145. The number of methoxy groups -OCH3 is 1. The molecule has 0 radical (unpaired) electrons. The van der Waals surface area contributed by atoms with Crippen LogP contribution in [0.3, 0.4) is 0 Å². The Bertz CT molecular complexity index is 484. The number of hydrogen-bond acceptors (Lipinski definition) is 6. The molecule has 1 aromatic rings. The zero-order valence-corrected chi connectivity index (χ0v) is 10.8. The molecule has 0 aliphatic rings. The van der Waals surface area contributed by atoms with Crippen LogP contribution in [0.2, 0.25) is 0 Å². The van der Waals surface area contributed by atoms with E-state index in [1.807, 2.05) is 0 Å². The summed E-state index contributed by atoms with van der Waals surface area (Å²) in [5.41, 5.74) is 0.519. The van der Waals surface area contributed by atoms with E-state index in [9.17, 15) is 14.4 Å². The maximum absolute atomic E-state index is 11.7. The molecule has 19 heavy (non-hydrogen) atoms. The molecule has 0 aliphatic carbocycles. The molecule has 0 N–H and O–H groups in total. The highest BCUT2D eigenvalue weighted by Gasteiger charge is 2.17. The third kappa shape index (κ3) is 4.50. The summed E-state index contributed by atoms with van der Waals surface area (Å²) in [6.45, 7) is 1.89. The normalized spacial score (nSPS) is 9.79. The van der Waals surface area contributed by atoms with Gasteiger partial charge < -0.3 is 9.47 Å². The minimum absolute atomic E-state index is 0.0584. The molecule has 0 atom stereocenters. The first kappa shape index (κ1) is 14.8. The van der Waals surface area contributed by atoms with Gasteiger partial charge in [0.15, 0.2) is 5.69 Å². The number of Topliss-reactive ketones (excluding diaryl/α,β-unsaturated/α-hetero) is 1. The molecule has 0 saturated heterocycles. The highest BCUT2D eigenvalue weighted by atomic mass is 16.5. The lowest BCUT2D eigenvalue weighted by Crippen LogP contribution is -2.16. The highest BCUT2D eigenvalue weighted by Crippen LogP contribution is 2.09. The Balaban J connectivity index is 2.74. The van der Waals surface area contributed by atoms with Gasteiger partial charge in [0.25, 0.3) is 0 Å². The number of carbonyl (C=O) groups excluding carboxylic acids is 3. The number of carbonyl (C=O) groups is 3. The van der Waals surface area contributed by atoms with E-state index in [1.165, 1.54) is 13.3 Å². The number of rotatable bonds is 6. The van der Waals surface area contributed by atoms with Crippen molar-refractivity contribution in [2.24, 2.45) is 0 Å². The summed E-state index contributed by atoms with van der Waals surface area (Å²) >= 11 is 0. The molecule has 1 heterocycles. The van der Waals surface area contributed by atoms with Gasteiger partial charge in [-0.1, -0.05) is 6.07 Å². The van der Waals surface area contributed by atoms with Crippen LogP contribution in [0.4, 0.5) is 0 Å². The van der Waals surface area contributed by atoms with Crippen LogP contribution >= 0.6 is 0 Å². The fraction of sp³-hybridized carbons (Fsp3) is 0.385. The van der Waals surface area contributed by atoms with Gasteiger partial charge in [0.05, 0.1) is 13.7 Å². The van der Waals surface area contributed by atoms with Crippen LogP contribution in [0.25, 0.3) is 0 Å². The third-order valence-corrected chi connectivity index (χ3v) is 2.30. The van der Waals surface area contributed by atoms with Crippen LogP contribution in [-0.4, -0.2) is 36.4 Å². The van der Waals surface area contributed by atoms with Gasteiger partial charge in [-0.3, -0.25) is 9.59 Å². The summed E-state index contributed by atoms with van der Waals surface area (Å²) in [6, 6.07) is 3.21. The van der Waals surface area contributed by atoms with Crippen LogP contribution in [0.15, 0.2) is 18.3 Å². The molecule has 1 aromatic heterocycles. The quantitative estimate of drug-likeness (QED) is 0.562. The lowest BCUT2D eigenvalue weighted by atomic mass is 10.1. The smallest absolute Gasteiger partial charge is 0.356 e.